The van der Waals surface area contributed by atoms with Gasteiger partial charge >= 0.3 is 11.9 Å². The molecule has 11 nitrogen and oxygen atoms in total. The summed E-state index contributed by atoms with van der Waals surface area (Å²) < 4.78 is 0. The van der Waals surface area contributed by atoms with E-state index in [4.69, 9.17) is 27.4 Å². The van der Waals surface area contributed by atoms with Crippen molar-refractivity contribution in [2.75, 3.05) is 18.4 Å². The number of carbonyl (C=O) groups is 4. The maximum atomic E-state index is 11.2. The molecule has 1 atom stereocenters. The Hall–Kier alpha value is -2.86. The summed E-state index contributed by atoms with van der Waals surface area (Å²) in [5.74, 6) is -1.92. The number of benzene rings is 1. The first kappa shape index (κ1) is 34.3. The van der Waals surface area contributed by atoms with Crippen molar-refractivity contribution < 1.29 is 29.4 Å². The van der Waals surface area contributed by atoms with Crippen LogP contribution in [-0.2, 0) is 14.4 Å². The van der Waals surface area contributed by atoms with Crippen LogP contribution in [0.15, 0.2) is 24.3 Å². The van der Waals surface area contributed by atoms with E-state index >= 15 is 0 Å². The number of carboxylic acids is 2. The Kier molecular flexibility index (Phi) is 22.5. The van der Waals surface area contributed by atoms with Crippen LogP contribution in [-0.4, -0.2) is 59.5 Å². The number of rotatable bonds is 9. The summed E-state index contributed by atoms with van der Waals surface area (Å²) in [6.07, 6.45) is 9.93. The van der Waals surface area contributed by atoms with Crippen LogP contribution >= 0.6 is 0 Å². The predicted octanol–water partition coefficient (Wildman–Crippen LogP) is 1.68. The van der Waals surface area contributed by atoms with Crippen LogP contribution in [0.2, 0.25) is 0 Å². The van der Waals surface area contributed by atoms with Gasteiger partial charge in [0.15, 0.2) is 0 Å². The van der Waals surface area contributed by atoms with Crippen molar-refractivity contribution in [3.63, 3.8) is 0 Å². The maximum absolute atomic E-state index is 11.2. The zero-order chi connectivity index (χ0) is 27.1. The molecule has 1 saturated carbocycles. The molecule has 11 heteroatoms. The van der Waals surface area contributed by atoms with Gasteiger partial charge in [-0.2, -0.15) is 0 Å². The molecule has 0 bridgehead atoms. The molecule has 1 fully saturated rings. The lowest BCUT2D eigenvalue weighted by Gasteiger charge is -2.15. The molecule has 1 amide bonds. The number of anilines is 1. The van der Waals surface area contributed by atoms with Gasteiger partial charge in [0.25, 0.3) is 0 Å². The molecule has 2 rings (SSSR count). The molecular weight excluding hydrogens is 454 g/mol. The number of aldehydes is 1. The van der Waals surface area contributed by atoms with Crippen molar-refractivity contribution in [1.82, 2.24) is 0 Å². The Morgan fingerprint density at radius 1 is 1.09 bits per heavy atom. The van der Waals surface area contributed by atoms with Gasteiger partial charge in [0.05, 0.1) is 6.54 Å². The molecule has 0 radical (unpaired) electrons. The first-order chi connectivity index (χ1) is 16.6. The van der Waals surface area contributed by atoms with Gasteiger partial charge in [-0.05, 0) is 62.9 Å². The number of carbonyl (C=O) groups excluding carboxylic acids is 2. The second-order valence-corrected chi connectivity index (χ2v) is 7.91. The van der Waals surface area contributed by atoms with E-state index in [0.29, 0.717) is 37.4 Å². The summed E-state index contributed by atoms with van der Waals surface area (Å²) in [7, 11) is 0. The number of nitrogens with two attached hydrogens (primary N) is 4. The second kappa shape index (κ2) is 22.9. The van der Waals surface area contributed by atoms with E-state index in [1.165, 1.54) is 32.1 Å². The Morgan fingerprint density at radius 2 is 1.63 bits per heavy atom. The number of hydrogen-bond acceptors (Lipinski definition) is 8. The third kappa shape index (κ3) is 22.7. The maximum Gasteiger partial charge on any atom is 0.320 e. The fraction of sp³-hybridized carbons (Fsp3) is 0.583. The zero-order valence-corrected chi connectivity index (χ0v) is 20.7. The van der Waals surface area contributed by atoms with Gasteiger partial charge in [-0.3, -0.25) is 19.2 Å². The minimum Gasteiger partial charge on any atom is -0.480 e. The summed E-state index contributed by atoms with van der Waals surface area (Å²) in [4.78, 5) is 40.8. The Labute approximate surface area is 207 Å². The highest BCUT2D eigenvalue weighted by Crippen LogP contribution is 2.14. The van der Waals surface area contributed by atoms with Gasteiger partial charge in [0.1, 0.15) is 12.3 Å². The van der Waals surface area contributed by atoms with Gasteiger partial charge in [-0.1, -0.05) is 26.2 Å². The minimum atomic E-state index is -0.968. The van der Waals surface area contributed by atoms with E-state index in [9.17, 15) is 19.2 Å². The van der Waals surface area contributed by atoms with Crippen LogP contribution in [0.4, 0.5) is 5.69 Å². The molecule has 11 N–H and O–H groups in total. The van der Waals surface area contributed by atoms with E-state index in [2.05, 4.69) is 11.1 Å². The third-order valence-corrected chi connectivity index (χ3v) is 4.67. The Balaban J connectivity index is 0. The highest BCUT2D eigenvalue weighted by molar-refractivity contribution is 5.91. The number of aliphatic carboxylic acids is 2. The van der Waals surface area contributed by atoms with E-state index in [-0.39, 0.29) is 12.5 Å². The van der Waals surface area contributed by atoms with Gasteiger partial charge < -0.3 is 38.5 Å². The fourth-order valence-electron chi connectivity index (χ4n) is 2.69. The highest BCUT2D eigenvalue weighted by atomic mass is 16.4. The topological polar surface area (TPSA) is 225 Å². The van der Waals surface area contributed by atoms with E-state index in [0.717, 1.165) is 18.4 Å². The van der Waals surface area contributed by atoms with Crippen LogP contribution in [0.5, 0.6) is 0 Å². The van der Waals surface area contributed by atoms with Crippen molar-refractivity contribution in [2.24, 2.45) is 22.9 Å². The second-order valence-electron chi connectivity index (χ2n) is 7.91. The third-order valence-electron chi connectivity index (χ3n) is 4.67. The van der Waals surface area contributed by atoms with E-state index in [1.54, 1.807) is 24.3 Å². The van der Waals surface area contributed by atoms with Crippen molar-refractivity contribution in [3.8, 4) is 0 Å². The standard InChI is InChI=1S/C11H13NO2.C6H13N.C5H12N2O2.C2H5NO2/c1-2-3-11(14)12-10-6-4-9(8-13)5-7-10;7-6-4-2-1-3-5-6;6-3-1-2-4(7)5(8)9;3-1-2(4)5/h4-8H,2-3H2,1H3,(H,12,14);6H,1-5,7H2;4H,1-3,6-7H2,(H,8,9);1,3H2,(H,4,5)/t;;4-;/m..0./s1. The quantitative estimate of drug-likeness (QED) is 0.244. The molecule has 35 heavy (non-hydrogen) atoms. The summed E-state index contributed by atoms with van der Waals surface area (Å²) in [5, 5.41) is 18.6. The van der Waals surface area contributed by atoms with Gasteiger partial charge in [-0.15, -0.1) is 0 Å². The lowest BCUT2D eigenvalue weighted by atomic mass is 9.97. The zero-order valence-electron chi connectivity index (χ0n) is 20.7. The average molecular weight is 498 g/mol. The molecule has 1 aromatic rings. The summed E-state index contributed by atoms with van der Waals surface area (Å²) in [6.45, 7) is 2.18. The van der Waals surface area contributed by atoms with Crippen molar-refractivity contribution in [1.29, 1.82) is 0 Å². The summed E-state index contributed by atoms with van der Waals surface area (Å²) >= 11 is 0. The predicted molar refractivity (Wildman–Crippen MR) is 137 cm³/mol. The number of carboxylic acid groups (broad SMARTS) is 2. The average Bonchev–Trinajstić information content (AvgIpc) is 2.84. The van der Waals surface area contributed by atoms with Crippen molar-refractivity contribution in [3.05, 3.63) is 29.8 Å². The molecule has 0 saturated heterocycles. The van der Waals surface area contributed by atoms with E-state index < -0.39 is 18.0 Å². The molecule has 0 aliphatic heterocycles. The first-order valence-electron chi connectivity index (χ1n) is 11.8. The van der Waals surface area contributed by atoms with Gasteiger partial charge in [0, 0.05) is 23.7 Å². The molecule has 0 unspecified atom stereocenters. The molecule has 0 heterocycles. The highest BCUT2D eigenvalue weighted by Gasteiger charge is 2.09. The number of amides is 1. The van der Waals surface area contributed by atoms with Crippen molar-refractivity contribution >= 4 is 29.8 Å². The van der Waals surface area contributed by atoms with Crippen LogP contribution < -0.4 is 28.3 Å². The molecule has 1 aliphatic carbocycles. The van der Waals surface area contributed by atoms with Crippen LogP contribution in [0.1, 0.15) is 75.1 Å². The SMILES string of the molecule is CCCC(=O)Nc1ccc(C=O)cc1.NC1CCCCC1.NCC(=O)O.NCCC[C@H](N)C(=O)O. The molecule has 0 aromatic heterocycles. The monoisotopic (exact) mass is 497 g/mol. The number of nitrogens with one attached hydrogen (secondary N) is 1. The summed E-state index contributed by atoms with van der Waals surface area (Å²) in [5.41, 5.74) is 21.8. The lowest BCUT2D eigenvalue weighted by Crippen LogP contribution is -2.30. The van der Waals surface area contributed by atoms with Crippen molar-refractivity contribution in [2.45, 2.75) is 76.8 Å². The summed E-state index contributed by atoms with van der Waals surface area (Å²) in [6, 6.07) is 6.58. The molecule has 0 spiro atoms. The number of hydrogen-bond donors (Lipinski definition) is 7. The minimum absolute atomic E-state index is 0.00588. The lowest BCUT2D eigenvalue weighted by molar-refractivity contribution is -0.138. The van der Waals surface area contributed by atoms with Gasteiger partial charge in [-0.25, -0.2) is 0 Å². The normalized spacial score (nSPS) is 13.3. The van der Waals surface area contributed by atoms with Crippen LogP contribution in [0.25, 0.3) is 0 Å². The van der Waals surface area contributed by atoms with Crippen LogP contribution in [0, 0.1) is 0 Å². The largest absolute Gasteiger partial charge is 0.480 e. The fourth-order valence-corrected chi connectivity index (χ4v) is 2.69. The smallest absolute Gasteiger partial charge is 0.320 e. The van der Waals surface area contributed by atoms with Crippen LogP contribution in [0.3, 0.4) is 0 Å². The molecular formula is C24H43N5O6. The Bertz CT molecular complexity index is 709. The van der Waals surface area contributed by atoms with E-state index in [1.807, 2.05) is 6.92 Å². The first-order valence-corrected chi connectivity index (χ1v) is 11.8. The molecule has 1 aliphatic rings. The van der Waals surface area contributed by atoms with Gasteiger partial charge in [0.2, 0.25) is 5.91 Å². The molecule has 1 aromatic carbocycles. The Morgan fingerprint density at radius 3 is 1.97 bits per heavy atom. The molecule has 200 valence electrons.